The van der Waals surface area contributed by atoms with Gasteiger partial charge in [-0.05, 0) is 25.1 Å². The van der Waals surface area contributed by atoms with Crippen molar-refractivity contribution in [1.29, 1.82) is 0 Å². The minimum absolute atomic E-state index is 0.0404. The number of carbonyl (C=O) groups is 1. The summed E-state index contributed by atoms with van der Waals surface area (Å²) in [6.45, 7) is 1.69. The molecule has 1 aromatic heterocycles. The van der Waals surface area contributed by atoms with E-state index in [0.717, 1.165) is 0 Å². The summed E-state index contributed by atoms with van der Waals surface area (Å²) in [7, 11) is 1.30. The van der Waals surface area contributed by atoms with Crippen LogP contribution in [0.1, 0.15) is 21.9 Å². The molecule has 4 nitrogen and oxygen atoms in total. The summed E-state index contributed by atoms with van der Waals surface area (Å²) in [5.41, 5.74) is 0.342. The summed E-state index contributed by atoms with van der Waals surface area (Å²) in [4.78, 5) is 11.4. The average Bonchev–Trinajstić information content (AvgIpc) is 2.78. The number of rotatable bonds is 4. The Morgan fingerprint density at radius 1 is 1.37 bits per heavy atom. The third kappa shape index (κ3) is 2.93. The summed E-state index contributed by atoms with van der Waals surface area (Å²) in [5, 5.41) is 0. The lowest BCUT2D eigenvalue weighted by molar-refractivity contribution is 0.0599. The third-order valence-electron chi connectivity index (χ3n) is 2.58. The zero-order chi connectivity index (χ0) is 13.8. The van der Waals surface area contributed by atoms with Crippen molar-refractivity contribution in [3.63, 3.8) is 0 Å². The van der Waals surface area contributed by atoms with E-state index < -0.39 is 11.8 Å². The first-order valence-electron chi connectivity index (χ1n) is 5.66. The molecule has 2 rings (SSSR count). The monoisotopic (exact) mass is 264 g/mol. The lowest BCUT2D eigenvalue weighted by Crippen LogP contribution is -2.01. The van der Waals surface area contributed by atoms with E-state index in [2.05, 4.69) is 4.74 Å². The normalized spacial score (nSPS) is 10.3. The van der Waals surface area contributed by atoms with Gasteiger partial charge in [0.05, 0.1) is 7.11 Å². The lowest BCUT2D eigenvalue weighted by atomic mass is 10.2. The number of ether oxygens (including phenoxy) is 2. The highest BCUT2D eigenvalue weighted by Crippen LogP contribution is 2.20. The Balaban J connectivity index is 2.09. The molecule has 2 aromatic rings. The Bertz CT molecular complexity index is 589. The van der Waals surface area contributed by atoms with Crippen molar-refractivity contribution in [2.45, 2.75) is 13.5 Å². The molecule has 0 atom stereocenters. The zero-order valence-corrected chi connectivity index (χ0v) is 10.6. The minimum atomic E-state index is -0.474. The van der Waals surface area contributed by atoms with Crippen molar-refractivity contribution in [2.75, 3.05) is 7.11 Å². The van der Waals surface area contributed by atoms with Gasteiger partial charge in [-0.3, -0.25) is 0 Å². The van der Waals surface area contributed by atoms with Crippen molar-refractivity contribution in [2.24, 2.45) is 0 Å². The fourth-order valence-corrected chi connectivity index (χ4v) is 1.64. The molecular formula is C14H13FO4. The van der Waals surface area contributed by atoms with Crippen LogP contribution in [0.5, 0.6) is 5.75 Å². The number of hydrogen-bond acceptors (Lipinski definition) is 4. The number of methoxy groups -OCH3 is 1. The average molecular weight is 264 g/mol. The molecule has 0 spiro atoms. The van der Waals surface area contributed by atoms with E-state index in [1.165, 1.54) is 25.3 Å². The molecule has 5 heteroatoms. The van der Waals surface area contributed by atoms with E-state index in [0.29, 0.717) is 17.1 Å². The van der Waals surface area contributed by atoms with Crippen LogP contribution in [0.3, 0.4) is 0 Å². The summed E-state index contributed by atoms with van der Waals surface area (Å²) in [6.07, 6.45) is 0. The highest BCUT2D eigenvalue weighted by Gasteiger charge is 2.15. The van der Waals surface area contributed by atoms with Gasteiger partial charge in [0.2, 0.25) is 0 Å². The van der Waals surface area contributed by atoms with E-state index in [9.17, 15) is 9.18 Å². The van der Waals surface area contributed by atoms with Crippen LogP contribution in [0.15, 0.2) is 34.7 Å². The van der Waals surface area contributed by atoms with E-state index >= 15 is 0 Å². The second-order valence-electron chi connectivity index (χ2n) is 3.89. The smallest absolute Gasteiger partial charge is 0.341 e. The molecule has 100 valence electrons. The molecule has 0 radical (unpaired) electrons. The number of para-hydroxylation sites is 1. The molecular weight excluding hydrogens is 251 g/mol. The van der Waals surface area contributed by atoms with Crippen molar-refractivity contribution in [3.05, 3.63) is 53.2 Å². The maximum atomic E-state index is 13.3. The van der Waals surface area contributed by atoms with Crippen LogP contribution < -0.4 is 4.74 Å². The number of carbonyl (C=O) groups excluding carboxylic acids is 1. The summed E-state index contributed by atoms with van der Waals surface area (Å²) < 4.78 is 28.6. The van der Waals surface area contributed by atoms with Gasteiger partial charge in [-0.1, -0.05) is 12.1 Å². The number of furan rings is 1. The largest absolute Gasteiger partial charge is 0.483 e. The predicted molar refractivity (Wildman–Crippen MR) is 65.5 cm³/mol. The van der Waals surface area contributed by atoms with Gasteiger partial charge in [-0.25, -0.2) is 9.18 Å². The van der Waals surface area contributed by atoms with Gasteiger partial charge in [-0.15, -0.1) is 0 Å². The topological polar surface area (TPSA) is 48.7 Å². The quantitative estimate of drug-likeness (QED) is 0.796. The Morgan fingerprint density at radius 3 is 2.79 bits per heavy atom. The molecule has 0 fully saturated rings. The molecule has 0 N–H and O–H groups in total. The first-order chi connectivity index (χ1) is 9.11. The zero-order valence-electron chi connectivity index (χ0n) is 10.6. The second kappa shape index (κ2) is 5.56. The number of benzene rings is 1. The molecule has 0 saturated heterocycles. The Labute approximate surface area is 109 Å². The van der Waals surface area contributed by atoms with E-state index in [4.69, 9.17) is 9.15 Å². The van der Waals surface area contributed by atoms with Crippen LogP contribution in [0.4, 0.5) is 4.39 Å². The molecule has 1 heterocycles. The fraction of sp³-hybridized carbons (Fsp3) is 0.214. The van der Waals surface area contributed by atoms with Gasteiger partial charge < -0.3 is 13.9 Å². The van der Waals surface area contributed by atoms with Gasteiger partial charge in [0.15, 0.2) is 11.6 Å². The van der Waals surface area contributed by atoms with Crippen molar-refractivity contribution >= 4 is 5.97 Å². The molecule has 0 amide bonds. The Hall–Kier alpha value is -2.30. The van der Waals surface area contributed by atoms with Gasteiger partial charge in [-0.2, -0.15) is 0 Å². The highest BCUT2D eigenvalue weighted by atomic mass is 19.1. The van der Waals surface area contributed by atoms with Gasteiger partial charge in [0.25, 0.3) is 0 Å². The maximum absolute atomic E-state index is 13.3. The van der Waals surface area contributed by atoms with Crippen molar-refractivity contribution in [3.8, 4) is 5.75 Å². The van der Waals surface area contributed by atoms with Crippen LogP contribution in [-0.4, -0.2) is 13.1 Å². The third-order valence-corrected chi connectivity index (χ3v) is 2.58. The lowest BCUT2D eigenvalue weighted by Gasteiger charge is -2.04. The number of aryl methyl sites for hydroxylation is 1. The molecule has 0 unspecified atom stereocenters. The summed E-state index contributed by atoms with van der Waals surface area (Å²) in [5.74, 6) is 0.0914. The number of halogens is 1. The summed E-state index contributed by atoms with van der Waals surface area (Å²) in [6, 6.07) is 7.61. The van der Waals surface area contributed by atoms with Crippen LogP contribution in [0.25, 0.3) is 0 Å². The molecule has 0 aliphatic heterocycles. The van der Waals surface area contributed by atoms with Crippen LogP contribution >= 0.6 is 0 Å². The highest BCUT2D eigenvalue weighted by molar-refractivity contribution is 5.90. The standard InChI is InChI=1S/C14H13FO4/c1-9-11(14(16)17-2)7-10(19-9)8-18-13-6-4-3-5-12(13)15/h3-7H,8H2,1-2H3. The Morgan fingerprint density at radius 2 is 2.11 bits per heavy atom. The molecule has 0 aliphatic carbocycles. The van der Waals surface area contributed by atoms with Crippen LogP contribution in [-0.2, 0) is 11.3 Å². The SMILES string of the molecule is COC(=O)c1cc(COc2ccccc2F)oc1C. The molecule has 1 aromatic carbocycles. The van der Waals surface area contributed by atoms with Crippen LogP contribution in [0.2, 0.25) is 0 Å². The molecule has 19 heavy (non-hydrogen) atoms. The minimum Gasteiger partial charge on any atom is -0.483 e. The predicted octanol–water partition coefficient (Wildman–Crippen LogP) is 3.09. The van der Waals surface area contributed by atoms with Crippen molar-refractivity contribution in [1.82, 2.24) is 0 Å². The molecule has 0 bridgehead atoms. The molecule has 0 aliphatic rings. The summed E-state index contributed by atoms with van der Waals surface area (Å²) >= 11 is 0. The van der Waals surface area contributed by atoms with E-state index in [-0.39, 0.29) is 12.4 Å². The molecule has 0 saturated carbocycles. The first kappa shape index (κ1) is 13.1. The van der Waals surface area contributed by atoms with E-state index in [1.807, 2.05) is 0 Å². The van der Waals surface area contributed by atoms with Gasteiger partial charge in [0.1, 0.15) is 23.7 Å². The van der Waals surface area contributed by atoms with Crippen molar-refractivity contribution < 1.29 is 23.1 Å². The fourth-order valence-electron chi connectivity index (χ4n) is 1.64. The van der Waals surface area contributed by atoms with E-state index in [1.54, 1.807) is 19.1 Å². The van der Waals surface area contributed by atoms with Gasteiger partial charge >= 0.3 is 5.97 Å². The van der Waals surface area contributed by atoms with Gasteiger partial charge in [0, 0.05) is 0 Å². The Kier molecular flexibility index (Phi) is 3.85. The first-order valence-corrected chi connectivity index (χ1v) is 5.66. The number of esters is 1. The van der Waals surface area contributed by atoms with Crippen LogP contribution in [0, 0.1) is 12.7 Å². The second-order valence-corrected chi connectivity index (χ2v) is 3.89. The maximum Gasteiger partial charge on any atom is 0.341 e. The number of hydrogen-bond donors (Lipinski definition) is 0.